The van der Waals surface area contributed by atoms with Crippen molar-refractivity contribution in [1.82, 2.24) is 4.98 Å². The summed E-state index contributed by atoms with van der Waals surface area (Å²) in [6, 6.07) is 20.1. The number of carbonyl (C=O) groups is 1. The minimum absolute atomic E-state index is 0.0392. The standard InChI is InChI=1S/C21H15NO4S/c23-21(25-14-16-13-24-20(22-16)19-10-5-11-27-19)15-6-4-9-18(12-15)26-17-7-2-1-3-8-17/h1-13H,14H2. The van der Waals surface area contributed by atoms with Gasteiger partial charge in [0, 0.05) is 0 Å². The summed E-state index contributed by atoms with van der Waals surface area (Å²) in [4.78, 5) is 17.6. The minimum atomic E-state index is -0.450. The summed E-state index contributed by atoms with van der Waals surface area (Å²) in [6.07, 6.45) is 1.50. The van der Waals surface area contributed by atoms with Gasteiger partial charge in [-0.15, -0.1) is 11.3 Å². The van der Waals surface area contributed by atoms with Crippen LogP contribution in [0.2, 0.25) is 0 Å². The van der Waals surface area contributed by atoms with Gasteiger partial charge < -0.3 is 13.9 Å². The molecule has 4 aromatic rings. The van der Waals surface area contributed by atoms with Gasteiger partial charge in [0.15, 0.2) is 0 Å². The second-order valence-corrected chi connectivity index (χ2v) is 6.59. The van der Waals surface area contributed by atoms with Gasteiger partial charge in [-0.2, -0.15) is 0 Å². The van der Waals surface area contributed by atoms with Crippen molar-refractivity contribution < 1.29 is 18.7 Å². The molecule has 134 valence electrons. The van der Waals surface area contributed by atoms with E-state index in [9.17, 15) is 4.79 Å². The molecule has 0 aliphatic heterocycles. The normalized spacial score (nSPS) is 10.5. The highest BCUT2D eigenvalue weighted by molar-refractivity contribution is 7.13. The maximum atomic E-state index is 12.3. The van der Waals surface area contributed by atoms with Gasteiger partial charge in [-0.05, 0) is 41.8 Å². The largest absolute Gasteiger partial charge is 0.457 e. The highest BCUT2D eigenvalue weighted by Crippen LogP contribution is 2.24. The van der Waals surface area contributed by atoms with E-state index >= 15 is 0 Å². The van der Waals surface area contributed by atoms with Gasteiger partial charge in [0.1, 0.15) is 30.1 Å². The number of oxazole rings is 1. The number of carbonyl (C=O) groups excluding carboxylic acids is 1. The van der Waals surface area contributed by atoms with Gasteiger partial charge >= 0.3 is 5.97 Å². The fourth-order valence-electron chi connectivity index (χ4n) is 2.42. The average molecular weight is 377 g/mol. The third kappa shape index (κ3) is 4.24. The third-order valence-corrected chi connectivity index (χ3v) is 4.54. The molecule has 0 spiro atoms. The number of esters is 1. The van der Waals surface area contributed by atoms with Crippen LogP contribution in [0.25, 0.3) is 10.8 Å². The number of hydrogen-bond donors (Lipinski definition) is 0. The Labute approximate surface area is 159 Å². The Hall–Kier alpha value is -3.38. The van der Waals surface area contributed by atoms with Crippen molar-refractivity contribution in [2.75, 3.05) is 0 Å². The molecule has 2 aromatic carbocycles. The van der Waals surface area contributed by atoms with E-state index in [0.717, 1.165) is 4.88 Å². The summed E-state index contributed by atoms with van der Waals surface area (Å²) in [6.45, 7) is 0.0392. The highest BCUT2D eigenvalue weighted by Gasteiger charge is 2.12. The first-order valence-corrected chi connectivity index (χ1v) is 9.14. The first-order valence-electron chi connectivity index (χ1n) is 8.26. The highest BCUT2D eigenvalue weighted by atomic mass is 32.1. The summed E-state index contributed by atoms with van der Waals surface area (Å²) < 4.78 is 16.5. The van der Waals surface area contributed by atoms with Crippen LogP contribution in [0.1, 0.15) is 16.1 Å². The van der Waals surface area contributed by atoms with Gasteiger partial charge in [-0.1, -0.05) is 30.3 Å². The minimum Gasteiger partial charge on any atom is -0.457 e. The molecule has 6 heteroatoms. The van der Waals surface area contributed by atoms with Crippen LogP contribution in [-0.2, 0) is 11.3 Å². The second-order valence-electron chi connectivity index (χ2n) is 5.64. The van der Waals surface area contributed by atoms with Crippen LogP contribution in [-0.4, -0.2) is 11.0 Å². The van der Waals surface area contributed by atoms with Crippen molar-refractivity contribution in [2.24, 2.45) is 0 Å². The number of hydrogen-bond acceptors (Lipinski definition) is 6. The smallest absolute Gasteiger partial charge is 0.338 e. The lowest BCUT2D eigenvalue weighted by atomic mass is 10.2. The zero-order chi connectivity index (χ0) is 18.5. The fourth-order valence-corrected chi connectivity index (χ4v) is 3.08. The molecule has 0 aliphatic carbocycles. The molecule has 2 heterocycles. The molecule has 0 radical (unpaired) electrons. The number of ether oxygens (including phenoxy) is 2. The van der Waals surface area contributed by atoms with Gasteiger partial charge in [0.05, 0.1) is 10.4 Å². The lowest BCUT2D eigenvalue weighted by Gasteiger charge is -2.07. The molecule has 0 atom stereocenters. The lowest BCUT2D eigenvalue weighted by Crippen LogP contribution is -2.05. The zero-order valence-corrected chi connectivity index (χ0v) is 15.0. The molecule has 0 N–H and O–H groups in total. The van der Waals surface area contributed by atoms with E-state index < -0.39 is 5.97 Å². The number of rotatable bonds is 6. The van der Waals surface area contributed by atoms with Crippen molar-refractivity contribution >= 4 is 17.3 Å². The topological polar surface area (TPSA) is 61.6 Å². The Morgan fingerprint density at radius 1 is 1.00 bits per heavy atom. The predicted octanol–water partition coefficient (Wildman–Crippen LogP) is 5.55. The van der Waals surface area contributed by atoms with Crippen LogP contribution in [0.5, 0.6) is 11.5 Å². The number of nitrogens with zero attached hydrogens (tertiary/aromatic N) is 1. The molecule has 27 heavy (non-hydrogen) atoms. The molecule has 0 unspecified atom stereocenters. The van der Waals surface area contributed by atoms with E-state index in [1.807, 2.05) is 47.8 Å². The zero-order valence-electron chi connectivity index (χ0n) is 14.2. The van der Waals surface area contributed by atoms with Crippen LogP contribution in [0.15, 0.2) is 82.8 Å². The van der Waals surface area contributed by atoms with Gasteiger partial charge in [0.25, 0.3) is 0 Å². The molecule has 0 saturated carbocycles. The first kappa shape index (κ1) is 17.1. The monoisotopic (exact) mass is 377 g/mol. The molecule has 2 aromatic heterocycles. The van der Waals surface area contributed by atoms with Gasteiger partial charge in [-0.25, -0.2) is 9.78 Å². The average Bonchev–Trinajstić information content (AvgIpc) is 3.39. The van der Waals surface area contributed by atoms with E-state index in [1.54, 1.807) is 24.3 Å². The van der Waals surface area contributed by atoms with Crippen molar-refractivity contribution in [3.05, 3.63) is 89.6 Å². The van der Waals surface area contributed by atoms with Crippen molar-refractivity contribution in [1.29, 1.82) is 0 Å². The maximum Gasteiger partial charge on any atom is 0.338 e. The van der Waals surface area contributed by atoms with Crippen LogP contribution in [0.3, 0.4) is 0 Å². The van der Waals surface area contributed by atoms with Crippen LogP contribution in [0, 0.1) is 0 Å². The molecule has 0 aliphatic rings. The summed E-state index contributed by atoms with van der Waals surface area (Å²) >= 11 is 1.53. The maximum absolute atomic E-state index is 12.3. The summed E-state index contributed by atoms with van der Waals surface area (Å²) in [5, 5.41) is 1.95. The van der Waals surface area contributed by atoms with Crippen molar-refractivity contribution in [2.45, 2.75) is 6.61 Å². The van der Waals surface area contributed by atoms with Gasteiger partial charge in [0.2, 0.25) is 5.89 Å². The van der Waals surface area contributed by atoms with E-state index in [1.165, 1.54) is 17.6 Å². The number of para-hydroxylation sites is 1. The number of thiophene rings is 1. The molecule has 0 amide bonds. The van der Waals surface area contributed by atoms with E-state index in [-0.39, 0.29) is 6.61 Å². The summed E-state index contributed by atoms with van der Waals surface area (Å²) in [5.74, 6) is 1.34. The predicted molar refractivity (Wildman–Crippen MR) is 102 cm³/mol. The van der Waals surface area contributed by atoms with Gasteiger partial charge in [-0.3, -0.25) is 0 Å². The molecular weight excluding hydrogens is 362 g/mol. The van der Waals surface area contributed by atoms with E-state index in [4.69, 9.17) is 13.9 Å². The number of aromatic nitrogens is 1. The molecule has 4 rings (SSSR count). The molecule has 0 fully saturated rings. The van der Waals surface area contributed by atoms with Crippen molar-refractivity contribution in [3.8, 4) is 22.3 Å². The molecule has 5 nitrogen and oxygen atoms in total. The van der Waals surface area contributed by atoms with Crippen molar-refractivity contribution in [3.63, 3.8) is 0 Å². The quantitative estimate of drug-likeness (QED) is 0.412. The molecular formula is C21H15NO4S. The van der Waals surface area contributed by atoms with E-state index in [2.05, 4.69) is 4.98 Å². The Balaban J connectivity index is 1.39. The first-order chi connectivity index (χ1) is 13.3. The Morgan fingerprint density at radius 3 is 2.67 bits per heavy atom. The fraction of sp³-hybridized carbons (Fsp3) is 0.0476. The SMILES string of the molecule is O=C(OCc1coc(-c2cccs2)n1)c1cccc(Oc2ccccc2)c1. The van der Waals surface area contributed by atoms with Crippen LogP contribution < -0.4 is 4.74 Å². The number of benzene rings is 2. The molecule has 0 bridgehead atoms. The van der Waals surface area contributed by atoms with Crippen LogP contribution >= 0.6 is 11.3 Å². The Morgan fingerprint density at radius 2 is 1.85 bits per heavy atom. The summed E-state index contributed by atoms with van der Waals surface area (Å²) in [7, 11) is 0. The summed E-state index contributed by atoms with van der Waals surface area (Å²) in [5.41, 5.74) is 0.967. The third-order valence-electron chi connectivity index (χ3n) is 3.68. The van der Waals surface area contributed by atoms with Crippen LogP contribution in [0.4, 0.5) is 0 Å². The Kier molecular flexibility index (Phi) is 4.98. The second kappa shape index (κ2) is 7.88. The van der Waals surface area contributed by atoms with E-state index in [0.29, 0.717) is 28.6 Å². The molecule has 0 saturated heterocycles. The lowest BCUT2D eigenvalue weighted by molar-refractivity contribution is 0.0467. The Bertz CT molecular complexity index is 1030.